The Kier molecular flexibility index (Phi) is 3.86. The van der Waals surface area contributed by atoms with Gasteiger partial charge in [-0.05, 0) is 43.7 Å². The lowest BCUT2D eigenvalue weighted by molar-refractivity contribution is 0.635. The second kappa shape index (κ2) is 5.20. The maximum atomic E-state index is 8.76. The SMILES string of the molecule is CC1(CNc2ccc(C#N)cc2Cl)CCCS1. The second-order valence-electron chi connectivity index (χ2n) is 4.56. The zero-order valence-electron chi connectivity index (χ0n) is 9.79. The molecule has 1 aromatic carbocycles. The Labute approximate surface area is 111 Å². The summed E-state index contributed by atoms with van der Waals surface area (Å²) in [6.07, 6.45) is 2.54. The van der Waals surface area contributed by atoms with Crippen molar-refractivity contribution >= 4 is 29.1 Å². The molecular weight excluding hydrogens is 252 g/mol. The normalized spacial score (nSPS) is 23.4. The molecule has 2 rings (SSSR count). The molecule has 1 heterocycles. The lowest BCUT2D eigenvalue weighted by Crippen LogP contribution is -2.27. The molecule has 0 saturated carbocycles. The number of nitrogens with zero attached hydrogens (tertiary/aromatic N) is 1. The predicted octanol–water partition coefficient (Wildman–Crippen LogP) is 3.91. The zero-order chi connectivity index (χ0) is 12.3. The largest absolute Gasteiger partial charge is 0.382 e. The minimum atomic E-state index is 0.317. The third-order valence-electron chi connectivity index (χ3n) is 3.05. The summed E-state index contributed by atoms with van der Waals surface area (Å²) in [5.74, 6) is 1.25. The minimum absolute atomic E-state index is 0.317. The number of anilines is 1. The lowest BCUT2D eigenvalue weighted by Gasteiger charge is -2.23. The summed E-state index contributed by atoms with van der Waals surface area (Å²) in [5.41, 5.74) is 1.52. The van der Waals surface area contributed by atoms with Crippen LogP contribution in [-0.2, 0) is 0 Å². The van der Waals surface area contributed by atoms with E-state index in [1.54, 1.807) is 12.1 Å². The summed E-state index contributed by atoms with van der Waals surface area (Å²) in [5, 5.41) is 12.8. The van der Waals surface area contributed by atoms with Crippen molar-refractivity contribution < 1.29 is 0 Å². The van der Waals surface area contributed by atoms with Gasteiger partial charge in [-0.2, -0.15) is 17.0 Å². The van der Waals surface area contributed by atoms with Crippen molar-refractivity contribution in [3.63, 3.8) is 0 Å². The van der Waals surface area contributed by atoms with Crippen molar-refractivity contribution in [2.45, 2.75) is 24.5 Å². The first-order valence-electron chi connectivity index (χ1n) is 5.70. The van der Waals surface area contributed by atoms with Gasteiger partial charge < -0.3 is 5.32 Å². The van der Waals surface area contributed by atoms with E-state index >= 15 is 0 Å². The molecule has 2 nitrogen and oxygen atoms in total. The Morgan fingerprint density at radius 1 is 1.59 bits per heavy atom. The molecule has 1 N–H and O–H groups in total. The van der Waals surface area contributed by atoms with Gasteiger partial charge in [-0.1, -0.05) is 11.6 Å². The van der Waals surface area contributed by atoms with E-state index < -0.39 is 0 Å². The van der Waals surface area contributed by atoms with Crippen LogP contribution in [0, 0.1) is 11.3 Å². The average Bonchev–Trinajstić information content (AvgIpc) is 2.75. The van der Waals surface area contributed by atoms with Gasteiger partial charge in [0.1, 0.15) is 0 Å². The molecule has 17 heavy (non-hydrogen) atoms. The molecule has 1 aliphatic rings. The Morgan fingerprint density at radius 3 is 3.00 bits per heavy atom. The third kappa shape index (κ3) is 3.08. The molecule has 1 atom stereocenters. The molecule has 0 aliphatic carbocycles. The number of nitrogens with one attached hydrogen (secondary N) is 1. The fraction of sp³-hybridized carbons (Fsp3) is 0.462. The van der Waals surface area contributed by atoms with Crippen molar-refractivity contribution in [1.82, 2.24) is 0 Å². The first-order valence-corrected chi connectivity index (χ1v) is 7.07. The molecule has 0 bridgehead atoms. The van der Waals surface area contributed by atoms with Gasteiger partial charge in [0.05, 0.1) is 22.3 Å². The van der Waals surface area contributed by atoms with Gasteiger partial charge in [-0.15, -0.1) is 0 Å². The molecule has 1 saturated heterocycles. The molecule has 0 radical (unpaired) electrons. The number of halogens is 1. The van der Waals surface area contributed by atoms with Crippen molar-refractivity contribution in [2.24, 2.45) is 0 Å². The second-order valence-corrected chi connectivity index (χ2v) is 6.65. The zero-order valence-corrected chi connectivity index (χ0v) is 11.4. The van der Waals surface area contributed by atoms with Crippen LogP contribution in [0.5, 0.6) is 0 Å². The van der Waals surface area contributed by atoms with Gasteiger partial charge in [0.15, 0.2) is 0 Å². The van der Waals surface area contributed by atoms with Crippen LogP contribution in [0.3, 0.4) is 0 Å². The van der Waals surface area contributed by atoms with E-state index in [1.165, 1.54) is 18.6 Å². The fourth-order valence-corrected chi connectivity index (χ4v) is 3.48. The molecule has 90 valence electrons. The maximum Gasteiger partial charge on any atom is 0.0992 e. The average molecular weight is 267 g/mol. The van der Waals surface area contributed by atoms with Crippen molar-refractivity contribution in [1.29, 1.82) is 5.26 Å². The molecular formula is C13H15ClN2S. The first-order chi connectivity index (χ1) is 8.13. The smallest absolute Gasteiger partial charge is 0.0992 e. The van der Waals surface area contributed by atoms with Crippen LogP contribution in [0.4, 0.5) is 5.69 Å². The quantitative estimate of drug-likeness (QED) is 0.901. The lowest BCUT2D eigenvalue weighted by atomic mass is 10.1. The van der Waals surface area contributed by atoms with E-state index in [4.69, 9.17) is 16.9 Å². The van der Waals surface area contributed by atoms with Gasteiger partial charge in [0.2, 0.25) is 0 Å². The maximum absolute atomic E-state index is 8.76. The van der Waals surface area contributed by atoms with E-state index in [0.29, 0.717) is 15.3 Å². The van der Waals surface area contributed by atoms with E-state index in [0.717, 1.165) is 12.2 Å². The highest BCUT2D eigenvalue weighted by Gasteiger charge is 2.29. The summed E-state index contributed by atoms with van der Waals surface area (Å²) in [7, 11) is 0. The van der Waals surface area contributed by atoms with Crippen molar-refractivity contribution in [2.75, 3.05) is 17.6 Å². The van der Waals surface area contributed by atoms with Gasteiger partial charge in [-0.25, -0.2) is 0 Å². The van der Waals surface area contributed by atoms with Gasteiger partial charge in [0.25, 0.3) is 0 Å². The van der Waals surface area contributed by atoms with Crippen LogP contribution in [0.2, 0.25) is 5.02 Å². The number of hydrogen-bond acceptors (Lipinski definition) is 3. The van der Waals surface area contributed by atoms with Gasteiger partial charge in [0, 0.05) is 11.3 Å². The van der Waals surface area contributed by atoms with Crippen LogP contribution >= 0.6 is 23.4 Å². The van der Waals surface area contributed by atoms with E-state index in [9.17, 15) is 0 Å². The molecule has 0 amide bonds. The molecule has 4 heteroatoms. The van der Waals surface area contributed by atoms with Crippen LogP contribution in [0.1, 0.15) is 25.3 Å². The van der Waals surface area contributed by atoms with E-state index in [1.807, 2.05) is 17.8 Å². The number of rotatable bonds is 3. The molecule has 0 aromatic heterocycles. The summed E-state index contributed by atoms with van der Waals surface area (Å²) >= 11 is 8.14. The third-order valence-corrected chi connectivity index (χ3v) is 4.90. The van der Waals surface area contributed by atoms with Gasteiger partial charge >= 0.3 is 0 Å². The van der Waals surface area contributed by atoms with E-state index in [2.05, 4.69) is 18.3 Å². The fourth-order valence-electron chi connectivity index (χ4n) is 1.99. The summed E-state index contributed by atoms with van der Waals surface area (Å²) < 4.78 is 0.317. The van der Waals surface area contributed by atoms with E-state index in [-0.39, 0.29) is 0 Å². The van der Waals surface area contributed by atoms with Crippen LogP contribution < -0.4 is 5.32 Å². The highest BCUT2D eigenvalue weighted by molar-refractivity contribution is 8.00. The number of nitriles is 1. The first kappa shape index (κ1) is 12.6. The van der Waals surface area contributed by atoms with Crippen LogP contribution in [-0.4, -0.2) is 17.0 Å². The Bertz CT molecular complexity index is 447. The molecule has 1 unspecified atom stereocenters. The highest BCUT2D eigenvalue weighted by Crippen LogP contribution is 2.38. The Hall–Kier alpha value is -0.850. The molecule has 0 spiro atoms. The molecule has 1 aliphatic heterocycles. The van der Waals surface area contributed by atoms with Crippen LogP contribution in [0.15, 0.2) is 18.2 Å². The van der Waals surface area contributed by atoms with Crippen LogP contribution in [0.25, 0.3) is 0 Å². The molecule has 1 aromatic rings. The van der Waals surface area contributed by atoms with Gasteiger partial charge in [-0.3, -0.25) is 0 Å². The number of thioether (sulfide) groups is 1. The number of hydrogen-bond donors (Lipinski definition) is 1. The van der Waals surface area contributed by atoms with Crippen molar-refractivity contribution in [3.8, 4) is 6.07 Å². The minimum Gasteiger partial charge on any atom is -0.382 e. The Morgan fingerprint density at radius 2 is 2.41 bits per heavy atom. The highest BCUT2D eigenvalue weighted by atomic mass is 35.5. The summed E-state index contributed by atoms with van der Waals surface area (Å²) in [6, 6.07) is 7.45. The molecule has 1 fully saturated rings. The number of benzene rings is 1. The summed E-state index contributed by atoms with van der Waals surface area (Å²) in [6.45, 7) is 3.21. The standard InChI is InChI=1S/C13H15ClN2S/c1-13(5-2-6-17-13)9-16-12-4-3-10(8-15)7-11(12)14/h3-4,7,16H,2,5-6,9H2,1H3. The monoisotopic (exact) mass is 266 g/mol. The topological polar surface area (TPSA) is 35.8 Å². The predicted molar refractivity (Wildman–Crippen MR) is 74.8 cm³/mol. The Balaban J connectivity index is 2.02. The van der Waals surface area contributed by atoms with Crippen molar-refractivity contribution in [3.05, 3.63) is 28.8 Å². The summed E-state index contributed by atoms with van der Waals surface area (Å²) in [4.78, 5) is 0.